The number of nitrogens with one attached hydrogen (secondary N) is 1. The van der Waals surface area contributed by atoms with Crippen LogP contribution >= 0.6 is 11.6 Å². The average Bonchev–Trinajstić information content (AvgIpc) is 3.32. The van der Waals surface area contributed by atoms with E-state index in [1.807, 2.05) is 24.3 Å². The van der Waals surface area contributed by atoms with Crippen LogP contribution in [0.15, 0.2) is 42.5 Å². The third-order valence-electron chi connectivity index (χ3n) is 4.09. The second kappa shape index (κ2) is 5.98. The van der Waals surface area contributed by atoms with Gasteiger partial charge in [0.1, 0.15) is 5.75 Å². The van der Waals surface area contributed by atoms with Crippen molar-refractivity contribution in [2.24, 2.45) is 5.92 Å². The van der Waals surface area contributed by atoms with Crippen LogP contribution in [0, 0.1) is 12.8 Å². The van der Waals surface area contributed by atoms with Gasteiger partial charge in [0.2, 0.25) is 0 Å². The Balaban J connectivity index is 1.88. The fourth-order valence-electron chi connectivity index (χ4n) is 2.68. The van der Waals surface area contributed by atoms with Crippen LogP contribution in [0.1, 0.15) is 30.0 Å². The van der Waals surface area contributed by atoms with Crippen LogP contribution in [0.25, 0.3) is 0 Å². The van der Waals surface area contributed by atoms with Crippen molar-refractivity contribution in [1.82, 2.24) is 0 Å². The van der Waals surface area contributed by atoms with Gasteiger partial charge in [-0.15, -0.1) is 0 Å². The zero-order valence-electron chi connectivity index (χ0n) is 12.4. The molecule has 1 aliphatic rings. The van der Waals surface area contributed by atoms with E-state index in [0.717, 1.165) is 16.5 Å². The first-order chi connectivity index (χ1) is 10.2. The first-order valence-electron chi connectivity index (χ1n) is 7.34. The number of methoxy groups -OCH3 is 1. The van der Waals surface area contributed by atoms with Gasteiger partial charge in [-0.1, -0.05) is 35.9 Å². The molecular weight excluding hydrogens is 282 g/mol. The molecule has 1 saturated carbocycles. The maximum absolute atomic E-state index is 6.35. The van der Waals surface area contributed by atoms with Gasteiger partial charge in [-0.25, -0.2) is 0 Å². The van der Waals surface area contributed by atoms with Crippen molar-refractivity contribution in [1.29, 1.82) is 0 Å². The number of rotatable bonds is 5. The molecule has 3 heteroatoms. The lowest BCUT2D eigenvalue weighted by atomic mass is 10.0. The van der Waals surface area contributed by atoms with Crippen molar-refractivity contribution in [2.45, 2.75) is 25.8 Å². The zero-order valence-corrected chi connectivity index (χ0v) is 13.2. The zero-order chi connectivity index (χ0) is 14.8. The summed E-state index contributed by atoms with van der Waals surface area (Å²) in [4.78, 5) is 0. The summed E-state index contributed by atoms with van der Waals surface area (Å²) >= 11 is 6.35. The lowest BCUT2D eigenvalue weighted by Crippen LogP contribution is -2.14. The van der Waals surface area contributed by atoms with E-state index in [1.54, 1.807) is 7.11 Å². The monoisotopic (exact) mass is 301 g/mol. The molecule has 0 aliphatic heterocycles. The highest BCUT2D eigenvalue weighted by Gasteiger charge is 2.32. The lowest BCUT2D eigenvalue weighted by molar-refractivity contribution is 0.414. The quantitative estimate of drug-likeness (QED) is 0.817. The number of aryl methyl sites for hydroxylation is 1. The molecule has 2 aromatic rings. The van der Waals surface area contributed by atoms with E-state index >= 15 is 0 Å². The van der Waals surface area contributed by atoms with E-state index in [0.29, 0.717) is 12.0 Å². The molecule has 1 atom stereocenters. The van der Waals surface area contributed by atoms with Gasteiger partial charge >= 0.3 is 0 Å². The molecule has 2 nitrogen and oxygen atoms in total. The largest absolute Gasteiger partial charge is 0.497 e. The highest BCUT2D eigenvalue weighted by atomic mass is 35.5. The normalized spacial score (nSPS) is 15.6. The Morgan fingerprint density at radius 1 is 1.14 bits per heavy atom. The molecule has 1 N–H and O–H groups in total. The summed E-state index contributed by atoms with van der Waals surface area (Å²) in [6.07, 6.45) is 2.54. The van der Waals surface area contributed by atoms with Gasteiger partial charge in [-0.2, -0.15) is 0 Å². The number of hydrogen-bond donors (Lipinski definition) is 1. The predicted molar refractivity (Wildman–Crippen MR) is 88.3 cm³/mol. The molecule has 1 unspecified atom stereocenters. The predicted octanol–water partition coefficient (Wildman–Crippen LogP) is 5.22. The fraction of sp³-hybridized carbons (Fsp3) is 0.333. The SMILES string of the molecule is COc1ccc(C(Nc2c(C)cccc2Cl)C2CC2)cc1. The fourth-order valence-corrected chi connectivity index (χ4v) is 2.96. The molecule has 3 rings (SSSR count). The van der Waals surface area contributed by atoms with E-state index in [1.165, 1.54) is 24.0 Å². The van der Waals surface area contributed by atoms with Crippen molar-refractivity contribution < 1.29 is 4.74 Å². The number of ether oxygens (including phenoxy) is 1. The lowest BCUT2D eigenvalue weighted by Gasteiger charge is -2.22. The third-order valence-corrected chi connectivity index (χ3v) is 4.41. The van der Waals surface area contributed by atoms with Crippen LogP contribution in [0.5, 0.6) is 5.75 Å². The molecule has 1 fully saturated rings. The molecule has 0 aromatic heterocycles. The van der Waals surface area contributed by atoms with Gasteiger partial charge in [0.05, 0.1) is 23.9 Å². The van der Waals surface area contributed by atoms with Gasteiger partial charge in [-0.3, -0.25) is 0 Å². The number of para-hydroxylation sites is 1. The Kier molecular flexibility index (Phi) is 4.07. The molecule has 21 heavy (non-hydrogen) atoms. The number of anilines is 1. The molecular formula is C18H20ClNO. The minimum absolute atomic E-state index is 0.314. The Morgan fingerprint density at radius 2 is 1.86 bits per heavy atom. The Bertz CT molecular complexity index is 599. The van der Waals surface area contributed by atoms with Crippen molar-refractivity contribution in [2.75, 3.05) is 12.4 Å². The smallest absolute Gasteiger partial charge is 0.118 e. The first kappa shape index (κ1) is 14.3. The van der Waals surface area contributed by atoms with Crippen molar-refractivity contribution in [3.05, 3.63) is 58.6 Å². The third kappa shape index (κ3) is 3.16. The van der Waals surface area contributed by atoms with E-state index in [9.17, 15) is 0 Å². The summed E-state index contributed by atoms with van der Waals surface area (Å²) in [5, 5.41) is 4.44. The van der Waals surface area contributed by atoms with Gasteiger partial charge in [-0.05, 0) is 55.0 Å². The van der Waals surface area contributed by atoms with Crippen LogP contribution in [0.4, 0.5) is 5.69 Å². The molecule has 0 spiro atoms. The van der Waals surface area contributed by atoms with Crippen LogP contribution in [0.2, 0.25) is 5.02 Å². The molecule has 1 aliphatic carbocycles. The maximum atomic E-state index is 6.35. The molecule has 0 heterocycles. The van der Waals surface area contributed by atoms with E-state index < -0.39 is 0 Å². The summed E-state index contributed by atoms with van der Waals surface area (Å²) in [6, 6.07) is 14.7. The van der Waals surface area contributed by atoms with Crippen LogP contribution in [0.3, 0.4) is 0 Å². The highest BCUT2D eigenvalue weighted by Crippen LogP contribution is 2.44. The standard InChI is InChI=1S/C18H20ClNO/c1-12-4-3-5-16(19)17(12)20-18(13-6-7-13)14-8-10-15(21-2)11-9-14/h3-5,8-11,13,18,20H,6-7H2,1-2H3. The molecule has 2 aromatic carbocycles. The molecule has 0 bridgehead atoms. The summed E-state index contributed by atoms with van der Waals surface area (Å²) in [6.45, 7) is 2.09. The van der Waals surface area contributed by atoms with E-state index in [2.05, 4.69) is 30.4 Å². The van der Waals surface area contributed by atoms with E-state index in [-0.39, 0.29) is 0 Å². The average molecular weight is 302 g/mol. The van der Waals surface area contributed by atoms with Crippen LogP contribution in [-0.2, 0) is 0 Å². The number of benzene rings is 2. The van der Waals surface area contributed by atoms with Crippen molar-refractivity contribution >= 4 is 17.3 Å². The minimum Gasteiger partial charge on any atom is -0.497 e. The van der Waals surface area contributed by atoms with Gasteiger partial charge in [0, 0.05) is 0 Å². The summed E-state index contributed by atoms with van der Waals surface area (Å²) in [5.41, 5.74) is 3.52. The van der Waals surface area contributed by atoms with Gasteiger partial charge in [0.25, 0.3) is 0 Å². The second-order valence-electron chi connectivity index (χ2n) is 5.66. The molecule has 110 valence electrons. The number of hydrogen-bond acceptors (Lipinski definition) is 2. The minimum atomic E-state index is 0.314. The Morgan fingerprint density at radius 3 is 2.43 bits per heavy atom. The van der Waals surface area contributed by atoms with Crippen LogP contribution < -0.4 is 10.1 Å². The maximum Gasteiger partial charge on any atom is 0.118 e. The summed E-state index contributed by atoms with van der Waals surface area (Å²) in [5.74, 6) is 1.58. The molecule has 0 amide bonds. The second-order valence-corrected chi connectivity index (χ2v) is 6.07. The molecule has 0 radical (unpaired) electrons. The van der Waals surface area contributed by atoms with Gasteiger partial charge in [0.15, 0.2) is 0 Å². The topological polar surface area (TPSA) is 21.3 Å². The molecule has 0 saturated heterocycles. The van der Waals surface area contributed by atoms with Crippen molar-refractivity contribution in [3.63, 3.8) is 0 Å². The Hall–Kier alpha value is -1.67. The van der Waals surface area contributed by atoms with Crippen LogP contribution in [-0.4, -0.2) is 7.11 Å². The summed E-state index contributed by atoms with van der Waals surface area (Å²) in [7, 11) is 1.69. The van der Waals surface area contributed by atoms with Crippen molar-refractivity contribution in [3.8, 4) is 5.75 Å². The Labute approximate surface area is 131 Å². The van der Waals surface area contributed by atoms with Gasteiger partial charge < -0.3 is 10.1 Å². The summed E-state index contributed by atoms with van der Waals surface area (Å²) < 4.78 is 5.24. The highest BCUT2D eigenvalue weighted by molar-refractivity contribution is 6.33. The number of halogens is 1. The first-order valence-corrected chi connectivity index (χ1v) is 7.72. The van der Waals surface area contributed by atoms with E-state index in [4.69, 9.17) is 16.3 Å².